The molecule has 0 atom stereocenters. The van der Waals surface area contributed by atoms with Crippen LogP contribution in [0.15, 0.2) is 48.5 Å². The molecule has 0 spiro atoms. The SMILES string of the molecule is O=C(Nc1cccc(Cl)c1Cl)N1CCN(CCc2ccccc2)CC1. The molecule has 2 aromatic carbocycles. The predicted octanol–water partition coefficient (Wildman–Crippen LogP) is 4.39. The van der Waals surface area contributed by atoms with Gasteiger partial charge in [-0.2, -0.15) is 0 Å². The molecule has 132 valence electrons. The van der Waals surface area contributed by atoms with Crippen molar-refractivity contribution >= 4 is 34.9 Å². The van der Waals surface area contributed by atoms with E-state index >= 15 is 0 Å². The largest absolute Gasteiger partial charge is 0.322 e. The number of nitrogens with one attached hydrogen (secondary N) is 1. The maximum atomic E-state index is 12.4. The van der Waals surface area contributed by atoms with E-state index in [0.717, 1.165) is 26.1 Å². The Morgan fingerprint density at radius 2 is 1.68 bits per heavy atom. The first-order chi connectivity index (χ1) is 12.1. The van der Waals surface area contributed by atoms with Crippen molar-refractivity contribution in [1.82, 2.24) is 9.80 Å². The Balaban J connectivity index is 1.47. The monoisotopic (exact) mass is 377 g/mol. The van der Waals surface area contributed by atoms with Gasteiger partial charge >= 0.3 is 6.03 Å². The number of carbonyl (C=O) groups excluding carboxylic acids is 1. The van der Waals surface area contributed by atoms with Gasteiger partial charge in [0.25, 0.3) is 0 Å². The zero-order valence-electron chi connectivity index (χ0n) is 13.9. The summed E-state index contributed by atoms with van der Waals surface area (Å²) in [7, 11) is 0. The molecule has 6 heteroatoms. The Morgan fingerprint density at radius 1 is 0.960 bits per heavy atom. The summed E-state index contributed by atoms with van der Waals surface area (Å²) in [6.45, 7) is 4.18. The highest BCUT2D eigenvalue weighted by Gasteiger charge is 2.21. The lowest BCUT2D eigenvalue weighted by Crippen LogP contribution is -2.50. The second-order valence-corrected chi connectivity index (χ2v) is 6.88. The van der Waals surface area contributed by atoms with Crippen LogP contribution in [0.2, 0.25) is 10.0 Å². The maximum absolute atomic E-state index is 12.4. The fourth-order valence-electron chi connectivity index (χ4n) is 2.90. The van der Waals surface area contributed by atoms with Gasteiger partial charge in [0.05, 0.1) is 15.7 Å². The van der Waals surface area contributed by atoms with Crippen molar-refractivity contribution in [2.45, 2.75) is 6.42 Å². The molecule has 3 rings (SSSR count). The van der Waals surface area contributed by atoms with Gasteiger partial charge in [-0.15, -0.1) is 0 Å². The van der Waals surface area contributed by atoms with E-state index in [0.29, 0.717) is 28.8 Å². The number of benzene rings is 2. The van der Waals surface area contributed by atoms with Crippen LogP contribution in [0.25, 0.3) is 0 Å². The average Bonchev–Trinajstić information content (AvgIpc) is 2.65. The first kappa shape index (κ1) is 18.1. The van der Waals surface area contributed by atoms with Crippen LogP contribution in [0.5, 0.6) is 0 Å². The first-order valence-electron chi connectivity index (χ1n) is 8.40. The van der Waals surface area contributed by atoms with E-state index in [4.69, 9.17) is 23.2 Å². The van der Waals surface area contributed by atoms with Crippen LogP contribution in [0.3, 0.4) is 0 Å². The minimum atomic E-state index is -0.133. The number of amides is 2. The molecule has 1 saturated heterocycles. The number of rotatable bonds is 4. The first-order valence-corrected chi connectivity index (χ1v) is 9.15. The lowest BCUT2D eigenvalue weighted by Gasteiger charge is -2.34. The van der Waals surface area contributed by atoms with Gasteiger partial charge in [-0.1, -0.05) is 59.6 Å². The van der Waals surface area contributed by atoms with Gasteiger partial charge in [-0.05, 0) is 24.1 Å². The van der Waals surface area contributed by atoms with Crippen LogP contribution in [0.4, 0.5) is 10.5 Å². The number of piperazine rings is 1. The molecular formula is C19H21Cl2N3O. The van der Waals surface area contributed by atoms with E-state index in [-0.39, 0.29) is 6.03 Å². The van der Waals surface area contributed by atoms with Crippen LogP contribution in [0.1, 0.15) is 5.56 Å². The van der Waals surface area contributed by atoms with Crippen LogP contribution >= 0.6 is 23.2 Å². The van der Waals surface area contributed by atoms with E-state index in [1.165, 1.54) is 5.56 Å². The van der Waals surface area contributed by atoms with Crippen LogP contribution in [-0.4, -0.2) is 48.6 Å². The standard InChI is InChI=1S/C19H21Cl2N3O/c20-16-7-4-8-17(18(16)21)22-19(25)24-13-11-23(12-14-24)10-9-15-5-2-1-3-6-15/h1-8H,9-14H2,(H,22,25). The molecule has 0 bridgehead atoms. The van der Waals surface area contributed by atoms with Crippen molar-refractivity contribution < 1.29 is 4.79 Å². The van der Waals surface area contributed by atoms with Crippen molar-refractivity contribution in [3.8, 4) is 0 Å². The molecule has 0 radical (unpaired) electrons. The zero-order valence-corrected chi connectivity index (χ0v) is 15.4. The third kappa shape index (κ3) is 4.88. The number of urea groups is 1. The number of anilines is 1. The number of carbonyl (C=O) groups is 1. The predicted molar refractivity (Wildman–Crippen MR) is 104 cm³/mol. The van der Waals surface area contributed by atoms with Gasteiger partial charge in [0.1, 0.15) is 0 Å². The molecule has 0 aliphatic carbocycles. The summed E-state index contributed by atoms with van der Waals surface area (Å²) in [5.41, 5.74) is 1.89. The van der Waals surface area contributed by atoms with Crippen molar-refractivity contribution in [3.05, 3.63) is 64.1 Å². The summed E-state index contributed by atoms with van der Waals surface area (Å²) in [5, 5.41) is 3.65. The Labute approximate surface area is 158 Å². The van der Waals surface area contributed by atoms with Crippen LogP contribution in [-0.2, 0) is 6.42 Å². The Kier molecular flexibility index (Phi) is 6.19. The summed E-state index contributed by atoms with van der Waals surface area (Å²) in [6, 6.07) is 15.6. The van der Waals surface area contributed by atoms with Crippen molar-refractivity contribution in [2.75, 3.05) is 38.0 Å². The lowest BCUT2D eigenvalue weighted by atomic mass is 10.1. The summed E-state index contributed by atoms with van der Waals surface area (Å²) in [5.74, 6) is 0. The van der Waals surface area contributed by atoms with E-state index < -0.39 is 0 Å². The zero-order chi connectivity index (χ0) is 17.6. The van der Waals surface area contributed by atoms with Crippen molar-refractivity contribution in [1.29, 1.82) is 0 Å². The molecule has 1 aliphatic rings. The van der Waals surface area contributed by atoms with Gasteiger partial charge in [0, 0.05) is 32.7 Å². The highest BCUT2D eigenvalue weighted by molar-refractivity contribution is 6.43. The fraction of sp³-hybridized carbons (Fsp3) is 0.316. The molecule has 1 N–H and O–H groups in total. The molecule has 25 heavy (non-hydrogen) atoms. The number of hydrogen-bond acceptors (Lipinski definition) is 2. The fourth-order valence-corrected chi connectivity index (χ4v) is 3.25. The molecule has 0 aromatic heterocycles. The van der Waals surface area contributed by atoms with Crippen LogP contribution < -0.4 is 5.32 Å². The molecule has 2 amide bonds. The summed E-state index contributed by atoms with van der Waals surface area (Å²) >= 11 is 12.1. The Hall–Kier alpha value is -1.75. The minimum absolute atomic E-state index is 0.133. The number of hydrogen-bond donors (Lipinski definition) is 1. The van der Waals surface area contributed by atoms with E-state index in [1.54, 1.807) is 18.2 Å². The molecule has 1 fully saturated rings. The molecule has 1 heterocycles. The summed E-state index contributed by atoms with van der Waals surface area (Å²) < 4.78 is 0. The van der Waals surface area contributed by atoms with Gasteiger partial charge < -0.3 is 10.2 Å². The normalized spacial score (nSPS) is 15.2. The lowest BCUT2D eigenvalue weighted by molar-refractivity contribution is 0.148. The highest BCUT2D eigenvalue weighted by Crippen LogP contribution is 2.29. The maximum Gasteiger partial charge on any atom is 0.321 e. The Bertz CT molecular complexity index is 716. The number of nitrogens with zero attached hydrogens (tertiary/aromatic N) is 2. The van der Waals surface area contributed by atoms with Gasteiger partial charge in [0.2, 0.25) is 0 Å². The van der Waals surface area contributed by atoms with E-state index in [1.807, 2.05) is 11.0 Å². The molecule has 0 unspecified atom stereocenters. The molecule has 0 saturated carbocycles. The molecule has 4 nitrogen and oxygen atoms in total. The van der Waals surface area contributed by atoms with Crippen molar-refractivity contribution in [2.24, 2.45) is 0 Å². The second-order valence-electron chi connectivity index (χ2n) is 6.10. The smallest absolute Gasteiger partial charge is 0.321 e. The topological polar surface area (TPSA) is 35.6 Å². The Morgan fingerprint density at radius 3 is 2.40 bits per heavy atom. The quantitative estimate of drug-likeness (QED) is 0.857. The van der Waals surface area contributed by atoms with Crippen LogP contribution in [0, 0.1) is 0 Å². The minimum Gasteiger partial charge on any atom is -0.322 e. The second kappa shape index (κ2) is 8.56. The molecule has 2 aromatic rings. The summed E-state index contributed by atoms with van der Waals surface area (Å²) in [4.78, 5) is 16.6. The van der Waals surface area contributed by atoms with E-state index in [9.17, 15) is 4.79 Å². The number of halogens is 2. The van der Waals surface area contributed by atoms with Gasteiger partial charge in [-0.25, -0.2) is 4.79 Å². The van der Waals surface area contributed by atoms with Crippen molar-refractivity contribution in [3.63, 3.8) is 0 Å². The molecule has 1 aliphatic heterocycles. The third-order valence-electron chi connectivity index (χ3n) is 4.41. The third-order valence-corrected chi connectivity index (χ3v) is 5.23. The average molecular weight is 378 g/mol. The molecular weight excluding hydrogens is 357 g/mol. The summed E-state index contributed by atoms with van der Waals surface area (Å²) in [6.07, 6.45) is 1.03. The highest BCUT2D eigenvalue weighted by atomic mass is 35.5. The van der Waals surface area contributed by atoms with E-state index in [2.05, 4.69) is 34.5 Å². The van der Waals surface area contributed by atoms with Gasteiger partial charge in [0.15, 0.2) is 0 Å². The van der Waals surface area contributed by atoms with Gasteiger partial charge in [-0.3, -0.25) is 4.90 Å².